The van der Waals surface area contributed by atoms with Crippen molar-refractivity contribution in [2.75, 3.05) is 19.3 Å². The van der Waals surface area contributed by atoms with Crippen LogP contribution in [0.1, 0.15) is 5.76 Å². The maximum absolute atomic E-state index is 11.0. The minimum Gasteiger partial charge on any atom is -0.468 e. The molecule has 0 radical (unpaired) electrons. The zero-order chi connectivity index (χ0) is 10.4. The normalized spacial score (nSPS) is 11.8. The summed E-state index contributed by atoms with van der Waals surface area (Å²) in [6, 6.07) is 3.63. The van der Waals surface area contributed by atoms with Crippen molar-refractivity contribution in [2.24, 2.45) is 0 Å². The molecule has 1 aromatic rings. The van der Waals surface area contributed by atoms with Crippen molar-refractivity contribution in [3.63, 3.8) is 0 Å². The maximum Gasteiger partial charge on any atom is 0.212 e. The fourth-order valence-corrected chi connectivity index (χ4v) is 1.55. The van der Waals surface area contributed by atoms with Gasteiger partial charge in [0.05, 0.1) is 18.6 Å². The molecule has 1 rings (SSSR count). The van der Waals surface area contributed by atoms with E-state index in [1.54, 1.807) is 12.3 Å². The van der Waals surface area contributed by atoms with Gasteiger partial charge in [0.1, 0.15) is 5.76 Å². The van der Waals surface area contributed by atoms with Crippen LogP contribution in [0.4, 0.5) is 0 Å². The van der Waals surface area contributed by atoms with Gasteiger partial charge in [0.15, 0.2) is 0 Å². The summed E-state index contributed by atoms with van der Waals surface area (Å²) < 4.78 is 29.3. The van der Waals surface area contributed by atoms with Crippen LogP contribution < -0.4 is 10.0 Å². The number of rotatable bonds is 6. The summed E-state index contributed by atoms with van der Waals surface area (Å²) in [6.07, 6.45) is 1.58. The van der Waals surface area contributed by atoms with Gasteiger partial charge in [0.25, 0.3) is 0 Å². The van der Waals surface area contributed by atoms with E-state index < -0.39 is 10.0 Å². The predicted octanol–water partition coefficient (Wildman–Crippen LogP) is -0.0816. The van der Waals surface area contributed by atoms with E-state index in [0.29, 0.717) is 13.1 Å². The highest BCUT2D eigenvalue weighted by Crippen LogP contribution is 1.97. The molecule has 0 amide bonds. The van der Waals surface area contributed by atoms with Gasteiger partial charge in [-0.15, -0.1) is 0 Å². The van der Waals surface area contributed by atoms with Crippen LogP contribution in [0.15, 0.2) is 22.8 Å². The van der Waals surface area contributed by atoms with Crippen molar-refractivity contribution < 1.29 is 12.8 Å². The first kappa shape index (κ1) is 11.2. The van der Waals surface area contributed by atoms with Gasteiger partial charge in [-0.05, 0) is 19.2 Å². The molecule has 5 nitrogen and oxygen atoms in total. The van der Waals surface area contributed by atoms with Crippen LogP contribution in [-0.4, -0.2) is 27.8 Å². The summed E-state index contributed by atoms with van der Waals surface area (Å²) >= 11 is 0. The molecule has 0 atom stereocenters. The molecular formula is C8H14N2O3S. The fraction of sp³-hybridized carbons (Fsp3) is 0.500. The average Bonchev–Trinajstić information content (AvgIpc) is 2.65. The Morgan fingerprint density at radius 1 is 1.50 bits per heavy atom. The largest absolute Gasteiger partial charge is 0.468 e. The molecule has 0 fully saturated rings. The van der Waals surface area contributed by atoms with Gasteiger partial charge in [-0.1, -0.05) is 0 Å². The fourth-order valence-electron chi connectivity index (χ4n) is 0.933. The second kappa shape index (κ2) is 5.14. The molecule has 0 aliphatic rings. The number of furan rings is 1. The van der Waals surface area contributed by atoms with Gasteiger partial charge in [-0.2, -0.15) is 0 Å². The summed E-state index contributed by atoms with van der Waals surface area (Å²) in [5.74, 6) is 0.872. The van der Waals surface area contributed by atoms with Gasteiger partial charge in [-0.3, -0.25) is 0 Å². The molecule has 0 aliphatic carbocycles. The molecule has 80 valence electrons. The molecule has 0 saturated carbocycles. The third-order valence-corrected chi connectivity index (χ3v) is 3.10. The van der Waals surface area contributed by atoms with Gasteiger partial charge in [0.2, 0.25) is 10.0 Å². The lowest BCUT2D eigenvalue weighted by atomic mass is 10.4. The van der Waals surface area contributed by atoms with Crippen molar-refractivity contribution >= 4 is 10.0 Å². The lowest BCUT2D eigenvalue weighted by molar-refractivity contribution is 0.486. The van der Waals surface area contributed by atoms with E-state index in [2.05, 4.69) is 10.0 Å². The summed E-state index contributed by atoms with van der Waals surface area (Å²) in [4.78, 5) is 0. The molecule has 1 heterocycles. The Hall–Kier alpha value is -0.850. The average molecular weight is 218 g/mol. The van der Waals surface area contributed by atoms with Crippen LogP contribution in [-0.2, 0) is 16.6 Å². The van der Waals surface area contributed by atoms with Crippen LogP contribution in [0, 0.1) is 0 Å². The van der Waals surface area contributed by atoms with Gasteiger partial charge >= 0.3 is 0 Å². The molecule has 0 bridgehead atoms. The minimum absolute atomic E-state index is 0.0736. The zero-order valence-corrected chi connectivity index (χ0v) is 8.80. The van der Waals surface area contributed by atoms with E-state index in [-0.39, 0.29) is 5.75 Å². The monoisotopic (exact) mass is 218 g/mol. The first-order valence-electron chi connectivity index (χ1n) is 4.28. The van der Waals surface area contributed by atoms with Crippen molar-refractivity contribution in [1.29, 1.82) is 0 Å². The van der Waals surface area contributed by atoms with Crippen LogP contribution in [0.3, 0.4) is 0 Å². The number of sulfonamides is 1. The van der Waals surface area contributed by atoms with Gasteiger partial charge in [-0.25, -0.2) is 13.1 Å². The minimum atomic E-state index is -3.10. The Morgan fingerprint density at radius 3 is 2.86 bits per heavy atom. The molecule has 1 aromatic heterocycles. The molecule has 14 heavy (non-hydrogen) atoms. The van der Waals surface area contributed by atoms with Crippen molar-refractivity contribution in [3.05, 3.63) is 24.2 Å². The lowest BCUT2D eigenvalue weighted by Gasteiger charge is -2.03. The molecule has 0 saturated heterocycles. The second-order valence-corrected chi connectivity index (χ2v) is 4.83. The highest BCUT2D eigenvalue weighted by atomic mass is 32.2. The highest BCUT2D eigenvalue weighted by Gasteiger charge is 2.05. The number of hydrogen-bond donors (Lipinski definition) is 2. The van der Waals surface area contributed by atoms with E-state index >= 15 is 0 Å². The predicted molar refractivity (Wildman–Crippen MR) is 53.3 cm³/mol. The summed E-state index contributed by atoms with van der Waals surface area (Å²) in [5.41, 5.74) is 0. The Bertz CT molecular complexity index is 345. The third kappa shape index (κ3) is 3.91. The quantitative estimate of drug-likeness (QED) is 0.655. The summed E-state index contributed by atoms with van der Waals surface area (Å²) in [5, 5.41) is 2.97. The van der Waals surface area contributed by atoms with Crippen molar-refractivity contribution in [2.45, 2.75) is 6.54 Å². The highest BCUT2D eigenvalue weighted by molar-refractivity contribution is 7.89. The topological polar surface area (TPSA) is 71.3 Å². The lowest BCUT2D eigenvalue weighted by Crippen LogP contribution is -2.29. The summed E-state index contributed by atoms with van der Waals surface area (Å²) in [6.45, 7) is 0.954. The number of hydrogen-bond acceptors (Lipinski definition) is 4. The van der Waals surface area contributed by atoms with E-state index in [1.807, 2.05) is 6.07 Å². The van der Waals surface area contributed by atoms with Crippen LogP contribution in [0.2, 0.25) is 0 Å². The molecule has 0 spiro atoms. The summed E-state index contributed by atoms with van der Waals surface area (Å²) in [7, 11) is -1.70. The maximum atomic E-state index is 11.0. The van der Waals surface area contributed by atoms with Crippen LogP contribution >= 0.6 is 0 Å². The van der Waals surface area contributed by atoms with Crippen LogP contribution in [0.25, 0.3) is 0 Å². The van der Waals surface area contributed by atoms with Crippen molar-refractivity contribution in [3.8, 4) is 0 Å². The Balaban J connectivity index is 2.17. The second-order valence-electron chi connectivity index (χ2n) is 2.78. The smallest absolute Gasteiger partial charge is 0.212 e. The first-order valence-corrected chi connectivity index (χ1v) is 5.93. The third-order valence-electron chi connectivity index (χ3n) is 1.74. The molecule has 0 unspecified atom stereocenters. The Kier molecular flexibility index (Phi) is 4.12. The Labute approximate surface area is 83.5 Å². The van der Waals surface area contributed by atoms with Gasteiger partial charge < -0.3 is 9.73 Å². The first-order chi connectivity index (χ1) is 6.64. The molecule has 0 aliphatic heterocycles. The van der Waals surface area contributed by atoms with Crippen LogP contribution in [0.5, 0.6) is 0 Å². The molecule has 0 aromatic carbocycles. The Morgan fingerprint density at radius 2 is 2.29 bits per heavy atom. The van der Waals surface area contributed by atoms with E-state index in [4.69, 9.17) is 4.42 Å². The van der Waals surface area contributed by atoms with Crippen molar-refractivity contribution in [1.82, 2.24) is 10.0 Å². The van der Waals surface area contributed by atoms with Gasteiger partial charge in [0, 0.05) is 6.54 Å². The van der Waals surface area contributed by atoms with E-state index in [0.717, 1.165) is 5.76 Å². The standard InChI is InChI=1S/C8H14N2O3S/c1-9-14(11,12)6-4-10-7-8-3-2-5-13-8/h2-3,5,9-10H,4,6-7H2,1H3. The molecule has 2 N–H and O–H groups in total. The number of nitrogens with one attached hydrogen (secondary N) is 2. The van der Waals surface area contributed by atoms with E-state index in [9.17, 15) is 8.42 Å². The van der Waals surface area contributed by atoms with E-state index in [1.165, 1.54) is 7.05 Å². The molecule has 6 heteroatoms. The SMILES string of the molecule is CNS(=O)(=O)CCNCc1ccco1. The zero-order valence-electron chi connectivity index (χ0n) is 7.99. The molecular weight excluding hydrogens is 204 g/mol.